The van der Waals surface area contributed by atoms with Gasteiger partial charge in [-0.3, -0.25) is 0 Å². The molecule has 1 heterocycles. The Kier molecular flexibility index (Phi) is 6.36. The second-order valence-corrected chi connectivity index (χ2v) is 6.33. The molecule has 1 N–H and O–H groups in total. The standard InChI is InChI=1S/C17H24N2OS/c1-4-15-13(2)21-17(19-15)16(18-10-11-20-3)12-14-8-6-5-7-9-14/h5-9,16,18H,4,10-12H2,1-3H3. The molecule has 0 bridgehead atoms. The highest BCUT2D eigenvalue weighted by molar-refractivity contribution is 7.11. The smallest absolute Gasteiger partial charge is 0.110 e. The number of hydrogen-bond acceptors (Lipinski definition) is 4. The SMILES string of the molecule is CCc1nc(C(Cc2ccccc2)NCCOC)sc1C. The Labute approximate surface area is 131 Å². The minimum absolute atomic E-state index is 0.256. The molecule has 0 radical (unpaired) electrons. The molecule has 0 fully saturated rings. The first-order valence-corrected chi connectivity index (χ1v) is 8.28. The van der Waals surface area contributed by atoms with Crippen LogP contribution in [0.15, 0.2) is 30.3 Å². The van der Waals surface area contributed by atoms with E-state index in [9.17, 15) is 0 Å². The van der Waals surface area contributed by atoms with Crippen molar-refractivity contribution in [1.82, 2.24) is 10.3 Å². The predicted octanol–water partition coefficient (Wildman–Crippen LogP) is 3.53. The predicted molar refractivity (Wildman–Crippen MR) is 89.0 cm³/mol. The Hall–Kier alpha value is -1.23. The molecule has 2 rings (SSSR count). The fourth-order valence-corrected chi connectivity index (χ4v) is 3.45. The monoisotopic (exact) mass is 304 g/mol. The van der Waals surface area contributed by atoms with Crippen LogP contribution in [-0.4, -0.2) is 25.2 Å². The molecule has 1 atom stereocenters. The Morgan fingerprint density at radius 3 is 2.67 bits per heavy atom. The molecule has 0 aliphatic rings. The first-order valence-electron chi connectivity index (χ1n) is 7.47. The van der Waals surface area contributed by atoms with Gasteiger partial charge in [-0.1, -0.05) is 37.3 Å². The minimum Gasteiger partial charge on any atom is -0.383 e. The molecule has 0 spiro atoms. The molecule has 4 heteroatoms. The van der Waals surface area contributed by atoms with E-state index < -0.39 is 0 Å². The van der Waals surface area contributed by atoms with Gasteiger partial charge in [0.25, 0.3) is 0 Å². The van der Waals surface area contributed by atoms with E-state index in [2.05, 4.69) is 49.5 Å². The molecule has 1 aromatic carbocycles. The molecule has 0 saturated carbocycles. The molecule has 1 aromatic heterocycles. The number of benzene rings is 1. The molecule has 0 saturated heterocycles. The van der Waals surface area contributed by atoms with Crippen LogP contribution in [0.3, 0.4) is 0 Å². The van der Waals surface area contributed by atoms with Gasteiger partial charge in [-0.05, 0) is 25.3 Å². The van der Waals surface area contributed by atoms with Crippen LogP contribution in [0, 0.1) is 6.92 Å². The van der Waals surface area contributed by atoms with E-state index >= 15 is 0 Å². The van der Waals surface area contributed by atoms with Gasteiger partial charge in [0.15, 0.2) is 0 Å². The van der Waals surface area contributed by atoms with Crippen molar-refractivity contribution in [3.63, 3.8) is 0 Å². The Bertz CT molecular complexity index is 539. The van der Waals surface area contributed by atoms with Crippen molar-refractivity contribution in [3.8, 4) is 0 Å². The second-order valence-electron chi connectivity index (χ2n) is 5.10. The molecular weight excluding hydrogens is 280 g/mol. The highest BCUT2D eigenvalue weighted by atomic mass is 32.1. The lowest BCUT2D eigenvalue weighted by Crippen LogP contribution is -2.26. The number of ether oxygens (including phenoxy) is 1. The number of aromatic nitrogens is 1. The van der Waals surface area contributed by atoms with Crippen LogP contribution in [0.5, 0.6) is 0 Å². The van der Waals surface area contributed by atoms with Crippen molar-refractivity contribution < 1.29 is 4.74 Å². The zero-order chi connectivity index (χ0) is 15.1. The van der Waals surface area contributed by atoms with Crippen LogP contribution in [0.25, 0.3) is 0 Å². The lowest BCUT2D eigenvalue weighted by molar-refractivity contribution is 0.195. The summed E-state index contributed by atoms with van der Waals surface area (Å²) in [5.74, 6) is 0. The number of thiazole rings is 1. The lowest BCUT2D eigenvalue weighted by Gasteiger charge is -2.16. The van der Waals surface area contributed by atoms with Crippen molar-refractivity contribution >= 4 is 11.3 Å². The van der Waals surface area contributed by atoms with Crippen LogP contribution >= 0.6 is 11.3 Å². The number of nitrogens with one attached hydrogen (secondary N) is 1. The van der Waals surface area contributed by atoms with Gasteiger partial charge >= 0.3 is 0 Å². The molecule has 0 amide bonds. The molecule has 21 heavy (non-hydrogen) atoms. The topological polar surface area (TPSA) is 34.2 Å². The van der Waals surface area contributed by atoms with Crippen molar-refractivity contribution in [1.29, 1.82) is 0 Å². The molecule has 1 unspecified atom stereocenters. The van der Waals surface area contributed by atoms with Gasteiger partial charge in [-0.15, -0.1) is 11.3 Å². The summed E-state index contributed by atoms with van der Waals surface area (Å²) in [5, 5.41) is 4.76. The summed E-state index contributed by atoms with van der Waals surface area (Å²) in [6.07, 6.45) is 1.96. The maximum atomic E-state index is 5.15. The highest BCUT2D eigenvalue weighted by Crippen LogP contribution is 2.26. The van der Waals surface area contributed by atoms with Crippen LogP contribution in [0.4, 0.5) is 0 Å². The van der Waals surface area contributed by atoms with Gasteiger partial charge in [0.05, 0.1) is 18.3 Å². The molecule has 114 valence electrons. The third-order valence-electron chi connectivity index (χ3n) is 3.52. The number of methoxy groups -OCH3 is 1. The van der Waals surface area contributed by atoms with E-state index in [0.29, 0.717) is 0 Å². The number of nitrogens with zero attached hydrogens (tertiary/aromatic N) is 1. The van der Waals surface area contributed by atoms with E-state index in [-0.39, 0.29) is 6.04 Å². The van der Waals surface area contributed by atoms with Gasteiger partial charge in [0.1, 0.15) is 5.01 Å². The molecule has 0 aliphatic carbocycles. The molecular formula is C17H24N2OS. The fraction of sp³-hybridized carbons (Fsp3) is 0.471. The van der Waals surface area contributed by atoms with Crippen LogP contribution in [0.2, 0.25) is 0 Å². The largest absolute Gasteiger partial charge is 0.383 e. The normalized spacial score (nSPS) is 12.5. The van der Waals surface area contributed by atoms with Gasteiger partial charge in [-0.25, -0.2) is 4.98 Å². The second kappa shape index (κ2) is 8.27. The third-order valence-corrected chi connectivity index (χ3v) is 4.65. The summed E-state index contributed by atoms with van der Waals surface area (Å²) in [6.45, 7) is 5.88. The first-order chi connectivity index (χ1) is 10.2. The van der Waals surface area contributed by atoms with Crippen LogP contribution in [0.1, 0.15) is 34.1 Å². The van der Waals surface area contributed by atoms with E-state index in [0.717, 1.165) is 26.0 Å². The van der Waals surface area contributed by atoms with Crippen molar-refractivity contribution in [2.75, 3.05) is 20.3 Å². The van der Waals surface area contributed by atoms with Gasteiger partial charge in [0, 0.05) is 18.5 Å². The van der Waals surface area contributed by atoms with E-state index in [1.165, 1.54) is 21.1 Å². The zero-order valence-electron chi connectivity index (χ0n) is 13.1. The summed E-state index contributed by atoms with van der Waals surface area (Å²) in [7, 11) is 1.73. The maximum absolute atomic E-state index is 5.15. The highest BCUT2D eigenvalue weighted by Gasteiger charge is 2.17. The van der Waals surface area contributed by atoms with Crippen LogP contribution in [-0.2, 0) is 17.6 Å². The summed E-state index contributed by atoms with van der Waals surface area (Å²) >= 11 is 1.81. The minimum atomic E-state index is 0.256. The van der Waals surface area contributed by atoms with Crippen molar-refractivity contribution in [2.45, 2.75) is 32.7 Å². The summed E-state index contributed by atoms with van der Waals surface area (Å²) in [5.41, 5.74) is 2.56. The van der Waals surface area contributed by atoms with Crippen molar-refractivity contribution in [3.05, 3.63) is 51.5 Å². The van der Waals surface area contributed by atoms with Gasteiger partial charge in [0.2, 0.25) is 0 Å². The molecule has 0 aliphatic heterocycles. The Balaban J connectivity index is 2.14. The number of aryl methyl sites for hydroxylation is 2. The van der Waals surface area contributed by atoms with Gasteiger partial charge in [-0.2, -0.15) is 0 Å². The lowest BCUT2D eigenvalue weighted by atomic mass is 10.1. The quantitative estimate of drug-likeness (QED) is 0.758. The average molecular weight is 304 g/mol. The maximum Gasteiger partial charge on any atom is 0.110 e. The number of rotatable bonds is 8. The van der Waals surface area contributed by atoms with Gasteiger partial charge < -0.3 is 10.1 Å². The molecule has 3 nitrogen and oxygen atoms in total. The first kappa shape index (κ1) is 16.1. The van der Waals surface area contributed by atoms with Crippen LogP contribution < -0.4 is 5.32 Å². The zero-order valence-corrected chi connectivity index (χ0v) is 13.9. The van der Waals surface area contributed by atoms with E-state index in [1.807, 2.05) is 11.3 Å². The average Bonchev–Trinajstić information content (AvgIpc) is 2.88. The Morgan fingerprint density at radius 2 is 2.05 bits per heavy atom. The fourth-order valence-electron chi connectivity index (χ4n) is 2.36. The van der Waals surface area contributed by atoms with E-state index in [1.54, 1.807) is 7.11 Å². The summed E-state index contributed by atoms with van der Waals surface area (Å²) in [4.78, 5) is 6.15. The number of hydrogen-bond donors (Lipinski definition) is 1. The summed E-state index contributed by atoms with van der Waals surface area (Å²) < 4.78 is 5.15. The molecule has 2 aromatic rings. The van der Waals surface area contributed by atoms with Crippen molar-refractivity contribution in [2.24, 2.45) is 0 Å². The van der Waals surface area contributed by atoms with E-state index in [4.69, 9.17) is 9.72 Å². The Morgan fingerprint density at radius 1 is 1.29 bits per heavy atom. The summed E-state index contributed by atoms with van der Waals surface area (Å²) in [6, 6.07) is 10.8. The third kappa shape index (κ3) is 4.63.